The number of methoxy groups -OCH3 is 1. The number of carbonyl (C=O) groups is 1. The van der Waals surface area contributed by atoms with E-state index in [-0.39, 0.29) is 18.8 Å². The Kier molecular flexibility index (Phi) is 5.45. The minimum absolute atomic E-state index is 0.0519. The van der Waals surface area contributed by atoms with E-state index >= 15 is 0 Å². The van der Waals surface area contributed by atoms with Crippen molar-refractivity contribution >= 4 is 27.8 Å². The van der Waals surface area contributed by atoms with Crippen LogP contribution in [0.5, 0.6) is 0 Å². The summed E-state index contributed by atoms with van der Waals surface area (Å²) in [5.74, 6) is -3.41. The van der Waals surface area contributed by atoms with Crippen LogP contribution < -0.4 is 0 Å². The van der Waals surface area contributed by atoms with Gasteiger partial charge in [-0.2, -0.15) is 5.10 Å². The van der Waals surface area contributed by atoms with Gasteiger partial charge in [-0.1, -0.05) is 13.8 Å². The molecule has 0 saturated heterocycles. The summed E-state index contributed by atoms with van der Waals surface area (Å²) in [6.45, 7) is 4.32. The Labute approximate surface area is 200 Å². The van der Waals surface area contributed by atoms with E-state index in [1.54, 1.807) is 13.3 Å². The van der Waals surface area contributed by atoms with Crippen LogP contribution in [0.3, 0.4) is 0 Å². The smallest absolute Gasteiger partial charge is 0.335 e. The van der Waals surface area contributed by atoms with Crippen LogP contribution >= 0.6 is 0 Å². The van der Waals surface area contributed by atoms with E-state index in [1.807, 2.05) is 30.5 Å². The lowest BCUT2D eigenvalue weighted by atomic mass is 9.81. The molecule has 1 aliphatic carbocycles. The number of aliphatic hydroxyl groups is 1. The molecule has 0 aliphatic heterocycles. The molecule has 3 N–H and O–H groups in total. The molecule has 0 amide bonds. The maximum absolute atomic E-state index is 14.4. The number of ether oxygens (including phenoxy) is 1. The third-order valence-electron chi connectivity index (χ3n) is 7.17. The molecule has 4 aromatic rings. The third kappa shape index (κ3) is 3.70. The lowest BCUT2D eigenvalue weighted by molar-refractivity contribution is -0.157. The van der Waals surface area contributed by atoms with Crippen molar-refractivity contribution in [3.63, 3.8) is 0 Å². The molecule has 2 atom stereocenters. The van der Waals surface area contributed by atoms with E-state index in [2.05, 4.69) is 10.2 Å². The zero-order valence-corrected chi connectivity index (χ0v) is 19.7. The minimum Gasteiger partial charge on any atom is -0.479 e. The molecule has 1 aliphatic rings. The average molecular weight is 484 g/mol. The fraction of sp³-hybridized carbons (Fsp3) is 0.385. The van der Waals surface area contributed by atoms with Crippen LogP contribution in [-0.2, 0) is 14.9 Å². The zero-order chi connectivity index (χ0) is 25.1. The SMILES string of the molecule is COCC(C)(C)c1c(C2CC[C@@](O)(C(=O)O)C2)c2cc3[nH]ncc3cc2n1-c1ccc(F)c(F)c1. The fourth-order valence-corrected chi connectivity index (χ4v) is 5.62. The summed E-state index contributed by atoms with van der Waals surface area (Å²) in [5, 5.41) is 29.2. The first-order valence-corrected chi connectivity index (χ1v) is 11.5. The molecule has 0 bridgehead atoms. The van der Waals surface area contributed by atoms with E-state index in [0.717, 1.165) is 45.2 Å². The number of aromatic amines is 1. The molecule has 184 valence electrons. The van der Waals surface area contributed by atoms with Gasteiger partial charge in [0.15, 0.2) is 17.2 Å². The minimum atomic E-state index is -1.82. The lowest BCUT2D eigenvalue weighted by Crippen LogP contribution is -2.35. The number of halogens is 2. The van der Waals surface area contributed by atoms with E-state index in [4.69, 9.17) is 4.74 Å². The van der Waals surface area contributed by atoms with Crippen molar-refractivity contribution in [1.82, 2.24) is 14.8 Å². The zero-order valence-electron chi connectivity index (χ0n) is 19.7. The van der Waals surface area contributed by atoms with Crippen LogP contribution in [-0.4, -0.2) is 50.3 Å². The summed E-state index contributed by atoms with van der Waals surface area (Å²) in [6, 6.07) is 7.67. The highest BCUT2D eigenvalue weighted by atomic mass is 19.2. The molecular weight excluding hydrogens is 456 g/mol. The summed E-state index contributed by atoms with van der Waals surface area (Å²) >= 11 is 0. The van der Waals surface area contributed by atoms with Crippen LogP contribution in [0.4, 0.5) is 8.78 Å². The van der Waals surface area contributed by atoms with Gasteiger partial charge in [-0.15, -0.1) is 0 Å². The number of nitrogens with zero attached hydrogens (tertiary/aromatic N) is 2. The first-order valence-electron chi connectivity index (χ1n) is 11.5. The van der Waals surface area contributed by atoms with Gasteiger partial charge in [0.2, 0.25) is 0 Å². The molecule has 0 radical (unpaired) electrons. The van der Waals surface area contributed by atoms with Crippen molar-refractivity contribution in [2.45, 2.75) is 50.0 Å². The quantitative estimate of drug-likeness (QED) is 0.366. The van der Waals surface area contributed by atoms with E-state index < -0.39 is 28.6 Å². The number of fused-ring (bicyclic) bond motifs is 2. The molecule has 1 saturated carbocycles. The number of aromatic nitrogens is 3. The highest BCUT2D eigenvalue weighted by Gasteiger charge is 2.47. The molecule has 7 nitrogen and oxygen atoms in total. The van der Waals surface area contributed by atoms with Crippen LogP contribution in [0.2, 0.25) is 0 Å². The van der Waals surface area contributed by atoms with Crippen molar-refractivity contribution in [3.05, 3.63) is 59.4 Å². The normalized spacial score (nSPS) is 20.8. The van der Waals surface area contributed by atoms with Crippen LogP contribution in [0, 0.1) is 11.6 Å². The predicted octanol–water partition coefficient (Wildman–Crippen LogP) is 4.79. The van der Waals surface area contributed by atoms with Crippen LogP contribution in [0.1, 0.15) is 50.3 Å². The Bertz CT molecular complexity index is 1460. The number of hydrogen-bond donors (Lipinski definition) is 3. The Hall–Kier alpha value is -3.30. The number of carboxylic acid groups (broad SMARTS) is 1. The Morgan fingerprint density at radius 2 is 2.06 bits per heavy atom. The van der Waals surface area contributed by atoms with E-state index in [9.17, 15) is 23.8 Å². The lowest BCUT2D eigenvalue weighted by Gasteiger charge is -2.30. The Morgan fingerprint density at radius 3 is 2.71 bits per heavy atom. The number of aliphatic carboxylic acids is 1. The number of nitrogens with one attached hydrogen (secondary N) is 1. The molecule has 9 heteroatoms. The highest BCUT2D eigenvalue weighted by Crippen LogP contribution is 2.49. The van der Waals surface area contributed by atoms with Crippen molar-refractivity contribution in [1.29, 1.82) is 0 Å². The molecule has 2 aromatic carbocycles. The van der Waals surface area contributed by atoms with Gasteiger partial charge in [0.1, 0.15) is 0 Å². The summed E-state index contributed by atoms with van der Waals surface area (Å²) in [6.07, 6.45) is 2.34. The maximum Gasteiger partial charge on any atom is 0.335 e. The van der Waals surface area contributed by atoms with E-state index in [1.165, 1.54) is 6.07 Å². The molecule has 5 rings (SSSR count). The maximum atomic E-state index is 14.4. The van der Waals surface area contributed by atoms with Crippen molar-refractivity contribution in [3.8, 4) is 5.69 Å². The third-order valence-corrected chi connectivity index (χ3v) is 7.17. The topological polar surface area (TPSA) is 100 Å². The molecule has 2 aromatic heterocycles. The number of H-pyrrole nitrogens is 1. The standard InChI is InChI=1S/C26H27F2N3O4/c1-25(2,13-35-3)23-22(14-6-7-26(34,11-14)24(32)33)17-10-20-15(12-29-30-20)8-21(17)31(23)16-4-5-18(27)19(28)9-16/h4-5,8-10,12,14,34H,6-7,11,13H2,1-3H3,(H,29,30)(H,32,33)/t14?,26-/m0/s1. The van der Waals surface area contributed by atoms with Crippen molar-refractivity contribution < 1.29 is 28.5 Å². The van der Waals surface area contributed by atoms with Gasteiger partial charge < -0.3 is 19.5 Å². The molecule has 1 fully saturated rings. The van der Waals surface area contributed by atoms with Gasteiger partial charge in [-0.25, -0.2) is 13.6 Å². The highest BCUT2D eigenvalue weighted by molar-refractivity contribution is 5.99. The molecule has 2 heterocycles. The van der Waals surface area contributed by atoms with Gasteiger partial charge in [0, 0.05) is 40.7 Å². The van der Waals surface area contributed by atoms with Gasteiger partial charge in [-0.3, -0.25) is 5.10 Å². The second-order valence-electron chi connectivity index (χ2n) is 10.1. The second kappa shape index (κ2) is 8.13. The van der Waals surface area contributed by atoms with Gasteiger partial charge in [0.05, 0.1) is 23.8 Å². The molecule has 0 spiro atoms. The number of rotatable bonds is 6. The summed E-state index contributed by atoms with van der Waals surface area (Å²) in [4.78, 5) is 11.8. The number of benzene rings is 2. The van der Waals surface area contributed by atoms with Gasteiger partial charge >= 0.3 is 5.97 Å². The predicted molar refractivity (Wildman–Crippen MR) is 127 cm³/mol. The van der Waals surface area contributed by atoms with Crippen LogP contribution in [0.25, 0.3) is 27.5 Å². The van der Waals surface area contributed by atoms with Gasteiger partial charge in [0.25, 0.3) is 0 Å². The number of carboxylic acids is 1. The molecule has 35 heavy (non-hydrogen) atoms. The number of hydrogen-bond acceptors (Lipinski definition) is 4. The average Bonchev–Trinajstić information content (AvgIpc) is 3.50. The summed E-state index contributed by atoms with van der Waals surface area (Å²) in [5.41, 5.74) is 1.26. The molecule has 1 unspecified atom stereocenters. The molecular formula is C26H27F2N3O4. The largest absolute Gasteiger partial charge is 0.479 e. The monoisotopic (exact) mass is 483 g/mol. The first kappa shape index (κ1) is 23.4. The van der Waals surface area contributed by atoms with Crippen molar-refractivity contribution in [2.75, 3.05) is 13.7 Å². The summed E-state index contributed by atoms with van der Waals surface area (Å²) in [7, 11) is 1.60. The summed E-state index contributed by atoms with van der Waals surface area (Å²) < 4.78 is 35.7. The van der Waals surface area contributed by atoms with Crippen LogP contribution in [0.15, 0.2) is 36.5 Å². The van der Waals surface area contributed by atoms with E-state index in [0.29, 0.717) is 18.7 Å². The Balaban J connectivity index is 1.88. The van der Waals surface area contributed by atoms with Gasteiger partial charge in [-0.05, 0) is 55.0 Å². The Morgan fingerprint density at radius 1 is 1.29 bits per heavy atom. The first-order chi connectivity index (χ1) is 16.6. The van der Waals surface area contributed by atoms with Crippen molar-refractivity contribution in [2.24, 2.45) is 0 Å². The second-order valence-corrected chi connectivity index (χ2v) is 10.1. The fourth-order valence-electron chi connectivity index (χ4n) is 5.62.